The number of piperazine rings is 1. The molecule has 2 saturated heterocycles. The molecule has 158 valence electrons. The Labute approximate surface area is 188 Å². The van der Waals surface area contributed by atoms with Crippen LogP contribution in [0.3, 0.4) is 0 Å². The molecule has 1 unspecified atom stereocenters. The van der Waals surface area contributed by atoms with Crippen LogP contribution in [0.1, 0.15) is 25.5 Å². The Hall–Kier alpha value is -1.81. The van der Waals surface area contributed by atoms with Gasteiger partial charge in [0, 0.05) is 44.7 Å². The minimum Gasteiger partial charge on any atom is -0.459 e. The molecule has 1 atom stereocenters. The van der Waals surface area contributed by atoms with Crippen molar-refractivity contribution in [1.29, 1.82) is 0 Å². The highest BCUT2D eigenvalue weighted by atomic mass is 127. The summed E-state index contributed by atoms with van der Waals surface area (Å²) in [6.07, 6.45) is 1.59. The van der Waals surface area contributed by atoms with Crippen LogP contribution < -0.4 is 5.32 Å². The number of guanidine groups is 1. The van der Waals surface area contributed by atoms with Crippen molar-refractivity contribution in [3.05, 3.63) is 36.1 Å². The molecule has 2 aromatic rings. The number of para-hydroxylation sites is 1. The molecule has 0 aliphatic carbocycles. The molecule has 1 N–H and O–H groups in total. The van der Waals surface area contributed by atoms with Crippen molar-refractivity contribution >= 4 is 46.8 Å². The van der Waals surface area contributed by atoms with E-state index in [1.807, 2.05) is 35.2 Å². The highest BCUT2D eigenvalue weighted by Crippen LogP contribution is 2.20. The van der Waals surface area contributed by atoms with E-state index >= 15 is 0 Å². The van der Waals surface area contributed by atoms with Crippen molar-refractivity contribution in [3.8, 4) is 0 Å². The summed E-state index contributed by atoms with van der Waals surface area (Å²) in [5.41, 5.74) is 0.888. The summed E-state index contributed by atoms with van der Waals surface area (Å²) < 4.78 is 11.4. The molecular formula is C21H29IN4O3. The van der Waals surface area contributed by atoms with Gasteiger partial charge in [-0.15, -0.1) is 24.0 Å². The number of hydrogen-bond acceptors (Lipinski definition) is 4. The molecule has 7 nitrogen and oxygen atoms in total. The maximum atomic E-state index is 12.5. The molecule has 29 heavy (non-hydrogen) atoms. The van der Waals surface area contributed by atoms with Crippen molar-refractivity contribution in [3.63, 3.8) is 0 Å². The van der Waals surface area contributed by atoms with E-state index in [0.29, 0.717) is 26.2 Å². The molecule has 0 spiro atoms. The molecule has 2 aliphatic heterocycles. The van der Waals surface area contributed by atoms with E-state index in [2.05, 4.69) is 17.1 Å². The number of ether oxygens (including phenoxy) is 1. The fraction of sp³-hybridized carbons (Fsp3) is 0.524. The summed E-state index contributed by atoms with van der Waals surface area (Å²) in [6, 6.07) is 10.0. The first-order valence-corrected chi connectivity index (χ1v) is 10.2. The normalized spacial score (nSPS) is 20.0. The first-order chi connectivity index (χ1) is 13.7. The van der Waals surface area contributed by atoms with E-state index in [9.17, 15) is 4.79 Å². The van der Waals surface area contributed by atoms with E-state index in [1.165, 1.54) is 0 Å². The molecule has 1 amide bonds. The summed E-state index contributed by atoms with van der Waals surface area (Å²) in [6.45, 7) is 7.00. The second kappa shape index (κ2) is 10.3. The SMILES string of the molecule is CCNC(=NCc1cc2ccccc2o1)N1CCN(C(=O)C2CCCO2)CC1.I. The minimum atomic E-state index is -0.235. The maximum absolute atomic E-state index is 12.5. The summed E-state index contributed by atoms with van der Waals surface area (Å²) in [5, 5.41) is 4.46. The number of carbonyl (C=O) groups is 1. The fourth-order valence-corrected chi connectivity index (χ4v) is 3.81. The number of aliphatic imine (C=N–C) groups is 1. The quantitative estimate of drug-likeness (QED) is 0.388. The lowest BCUT2D eigenvalue weighted by atomic mass is 10.2. The topological polar surface area (TPSA) is 70.3 Å². The number of hydrogen-bond donors (Lipinski definition) is 1. The molecular weight excluding hydrogens is 483 g/mol. The summed E-state index contributed by atoms with van der Waals surface area (Å²) in [5.74, 6) is 1.86. The highest BCUT2D eigenvalue weighted by molar-refractivity contribution is 14.0. The summed E-state index contributed by atoms with van der Waals surface area (Å²) in [7, 11) is 0. The van der Waals surface area contributed by atoms with E-state index in [-0.39, 0.29) is 36.0 Å². The van der Waals surface area contributed by atoms with Crippen molar-refractivity contribution in [2.75, 3.05) is 39.3 Å². The first kappa shape index (κ1) is 21.9. The Morgan fingerprint density at radius 1 is 1.21 bits per heavy atom. The van der Waals surface area contributed by atoms with Crippen molar-refractivity contribution in [1.82, 2.24) is 15.1 Å². The lowest BCUT2D eigenvalue weighted by Crippen LogP contribution is -2.55. The van der Waals surface area contributed by atoms with Crippen LogP contribution in [-0.4, -0.2) is 67.1 Å². The number of amides is 1. The summed E-state index contributed by atoms with van der Waals surface area (Å²) >= 11 is 0. The van der Waals surface area contributed by atoms with Crippen LogP contribution in [-0.2, 0) is 16.1 Å². The van der Waals surface area contributed by atoms with Crippen molar-refractivity contribution in [2.24, 2.45) is 4.99 Å². The molecule has 4 rings (SSSR count). The maximum Gasteiger partial charge on any atom is 0.251 e. The number of fused-ring (bicyclic) bond motifs is 1. The number of rotatable bonds is 4. The minimum absolute atomic E-state index is 0. The molecule has 1 aromatic heterocycles. The van der Waals surface area contributed by atoms with Crippen LogP contribution in [0.25, 0.3) is 11.0 Å². The van der Waals surface area contributed by atoms with Gasteiger partial charge in [0.25, 0.3) is 5.91 Å². The lowest BCUT2D eigenvalue weighted by molar-refractivity contribution is -0.142. The monoisotopic (exact) mass is 512 g/mol. The van der Waals surface area contributed by atoms with E-state index in [1.54, 1.807) is 0 Å². The molecule has 0 bridgehead atoms. The van der Waals surface area contributed by atoms with Gasteiger partial charge in [0.1, 0.15) is 24.0 Å². The number of nitrogens with one attached hydrogen (secondary N) is 1. The Morgan fingerprint density at radius 2 is 1.97 bits per heavy atom. The van der Waals surface area contributed by atoms with Crippen molar-refractivity contribution < 1.29 is 13.9 Å². The third-order valence-corrected chi connectivity index (χ3v) is 5.29. The van der Waals surface area contributed by atoms with Gasteiger partial charge in [-0.3, -0.25) is 4.79 Å². The van der Waals surface area contributed by atoms with Crippen LogP contribution in [0, 0.1) is 0 Å². The first-order valence-electron chi connectivity index (χ1n) is 10.2. The van der Waals surface area contributed by atoms with Crippen LogP contribution in [0.4, 0.5) is 0 Å². The van der Waals surface area contributed by atoms with Gasteiger partial charge >= 0.3 is 0 Å². The van der Waals surface area contributed by atoms with Gasteiger partial charge in [-0.2, -0.15) is 0 Å². The van der Waals surface area contributed by atoms with Gasteiger partial charge in [-0.1, -0.05) is 18.2 Å². The second-order valence-corrected chi connectivity index (χ2v) is 7.23. The van der Waals surface area contributed by atoms with Gasteiger partial charge < -0.3 is 24.3 Å². The third kappa shape index (κ3) is 5.22. The van der Waals surface area contributed by atoms with Gasteiger partial charge in [-0.25, -0.2) is 4.99 Å². The molecule has 0 radical (unpaired) electrons. The zero-order chi connectivity index (χ0) is 19.3. The number of carbonyl (C=O) groups excluding carboxylic acids is 1. The van der Waals surface area contributed by atoms with Crippen LogP contribution in [0.2, 0.25) is 0 Å². The van der Waals surface area contributed by atoms with E-state index in [0.717, 1.165) is 55.2 Å². The predicted molar refractivity (Wildman–Crippen MR) is 124 cm³/mol. The molecule has 3 heterocycles. The lowest BCUT2D eigenvalue weighted by Gasteiger charge is -2.37. The molecule has 2 aliphatic rings. The fourth-order valence-electron chi connectivity index (χ4n) is 3.81. The van der Waals surface area contributed by atoms with Gasteiger partial charge in [0.15, 0.2) is 5.96 Å². The number of benzene rings is 1. The second-order valence-electron chi connectivity index (χ2n) is 7.23. The average molecular weight is 512 g/mol. The van der Waals surface area contributed by atoms with E-state index < -0.39 is 0 Å². The van der Waals surface area contributed by atoms with E-state index in [4.69, 9.17) is 14.1 Å². The third-order valence-electron chi connectivity index (χ3n) is 5.29. The number of halogens is 1. The zero-order valence-corrected chi connectivity index (χ0v) is 19.1. The molecule has 2 fully saturated rings. The molecule has 0 saturated carbocycles. The Balaban J connectivity index is 0.00000240. The molecule has 1 aromatic carbocycles. The van der Waals surface area contributed by atoms with Gasteiger partial charge in [-0.05, 0) is 31.9 Å². The Kier molecular flexibility index (Phi) is 7.77. The summed E-state index contributed by atoms with van der Waals surface area (Å²) in [4.78, 5) is 21.4. The largest absolute Gasteiger partial charge is 0.459 e. The zero-order valence-electron chi connectivity index (χ0n) is 16.8. The predicted octanol–water partition coefficient (Wildman–Crippen LogP) is 2.84. The van der Waals surface area contributed by atoms with Crippen LogP contribution in [0.5, 0.6) is 0 Å². The Bertz CT molecular complexity index is 806. The number of nitrogens with zero attached hydrogens (tertiary/aromatic N) is 3. The van der Waals surface area contributed by atoms with Gasteiger partial charge in [0.2, 0.25) is 0 Å². The standard InChI is InChI=1S/C21H28N4O3.HI/c1-2-22-21(23-15-17-14-16-6-3-4-7-18(16)28-17)25-11-9-24(10-12-25)20(26)19-8-5-13-27-19;/h3-4,6-7,14,19H,2,5,8-13,15H2,1H3,(H,22,23);1H. The smallest absolute Gasteiger partial charge is 0.251 e. The molecule has 8 heteroatoms. The van der Waals surface area contributed by atoms with Crippen molar-refractivity contribution in [2.45, 2.75) is 32.4 Å². The number of furan rings is 1. The average Bonchev–Trinajstić information content (AvgIpc) is 3.40. The highest BCUT2D eigenvalue weighted by Gasteiger charge is 2.30. The van der Waals surface area contributed by atoms with Crippen LogP contribution >= 0.6 is 24.0 Å². The Morgan fingerprint density at radius 3 is 2.66 bits per heavy atom. The van der Waals surface area contributed by atoms with Crippen LogP contribution in [0.15, 0.2) is 39.7 Å². The van der Waals surface area contributed by atoms with Gasteiger partial charge in [0.05, 0.1) is 0 Å².